The summed E-state index contributed by atoms with van der Waals surface area (Å²) in [5, 5.41) is 9.62. The van der Waals surface area contributed by atoms with Crippen molar-refractivity contribution >= 4 is 0 Å². The molecular formula is C17H22O. The molecule has 4 fully saturated rings. The first kappa shape index (κ1) is 11.0. The average Bonchev–Trinajstić information content (AvgIpc) is 2.37. The van der Waals surface area contributed by atoms with Crippen LogP contribution in [0, 0.1) is 17.8 Å². The fourth-order valence-corrected chi connectivity index (χ4v) is 5.62. The Morgan fingerprint density at radius 2 is 1.50 bits per heavy atom. The van der Waals surface area contributed by atoms with Crippen LogP contribution in [-0.2, 0) is 12.0 Å². The summed E-state index contributed by atoms with van der Waals surface area (Å²) in [5.41, 5.74) is 3.08. The van der Waals surface area contributed by atoms with E-state index < -0.39 is 0 Å². The van der Waals surface area contributed by atoms with Crippen molar-refractivity contribution < 1.29 is 5.11 Å². The van der Waals surface area contributed by atoms with Crippen molar-refractivity contribution in [3.63, 3.8) is 0 Å². The normalized spacial score (nSPS) is 41.3. The first-order valence-electron chi connectivity index (χ1n) is 7.48. The van der Waals surface area contributed by atoms with Crippen LogP contribution in [0.15, 0.2) is 24.3 Å². The predicted octanol–water partition coefficient (Wildman–Crippen LogP) is 3.65. The summed E-state index contributed by atoms with van der Waals surface area (Å²) in [6.07, 6.45) is 8.61. The van der Waals surface area contributed by atoms with Gasteiger partial charge in [0.05, 0.1) is 6.61 Å². The maximum atomic E-state index is 9.62. The molecule has 0 aliphatic heterocycles. The third kappa shape index (κ3) is 1.50. The van der Waals surface area contributed by atoms with Crippen molar-refractivity contribution in [1.82, 2.24) is 0 Å². The summed E-state index contributed by atoms with van der Waals surface area (Å²) in [6, 6.07) is 8.63. The van der Waals surface area contributed by atoms with Crippen LogP contribution in [0.2, 0.25) is 0 Å². The molecule has 0 atom stereocenters. The smallest absolute Gasteiger partial charge is 0.0684 e. The van der Waals surface area contributed by atoms with E-state index in [1.807, 2.05) is 0 Å². The zero-order valence-corrected chi connectivity index (χ0v) is 10.9. The van der Waals surface area contributed by atoms with Gasteiger partial charge in [0.15, 0.2) is 0 Å². The van der Waals surface area contributed by atoms with Crippen LogP contribution in [0.5, 0.6) is 0 Å². The summed E-state index contributed by atoms with van der Waals surface area (Å²) in [6.45, 7) is 0.206. The number of aliphatic hydroxyl groups is 1. The number of aliphatic hydroxyl groups excluding tert-OH is 1. The van der Waals surface area contributed by atoms with E-state index in [2.05, 4.69) is 24.3 Å². The second-order valence-electron chi connectivity index (χ2n) is 7.01. The van der Waals surface area contributed by atoms with Crippen LogP contribution in [0.25, 0.3) is 0 Å². The van der Waals surface area contributed by atoms with Gasteiger partial charge in [0, 0.05) is 0 Å². The van der Waals surface area contributed by atoms with Crippen LogP contribution < -0.4 is 0 Å². The molecule has 0 saturated heterocycles. The van der Waals surface area contributed by atoms with Crippen molar-refractivity contribution in [2.24, 2.45) is 17.8 Å². The highest BCUT2D eigenvalue weighted by atomic mass is 16.3. The van der Waals surface area contributed by atoms with E-state index in [1.165, 1.54) is 49.7 Å². The summed E-state index contributed by atoms with van der Waals surface area (Å²) >= 11 is 0. The van der Waals surface area contributed by atoms with Crippen LogP contribution in [0.3, 0.4) is 0 Å². The van der Waals surface area contributed by atoms with Gasteiger partial charge in [0.2, 0.25) is 0 Å². The quantitative estimate of drug-likeness (QED) is 0.839. The Kier molecular flexibility index (Phi) is 2.35. The fraction of sp³-hybridized carbons (Fsp3) is 0.647. The molecule has 96 valence electrons. The lowest BCUT2D eigenvalue weighted by molar-refractivity contribution is -0.00602. The SMILES string of the molecule is OCc1ccccc1C12CC3CC(CC(C3)C1)C2. The molecule has 1 heteroatoms. The van der Waals surface area contributed by atoms with Crippen LogP contribution >= 0.6 is 0 Å². The Bertz CT molecular complexity index is 427. The molecule has 18 heavy (non-hydrogen) atoms. The molecule has 1 aromatic rings. The highest BCUT2D eigenvalue weighted by molar-refractivity contribution is 5.36. The van der Waals surface area contributed by atoms with Crippen molar-refractivity contribution in [2.75, 3.05) is 0 Å². The van der Waals surface area contributed by atoms with Crippen LogP contribution in [0.4, 0.5) is 0 Å². The Labute approximate surface area is 109 Å². The lowest BCUT2D eigenvalue weighted by Crippen LogP contribution is -2.48. The lowest BCUT2D eigenvalue weighted by atomic mass is 9.47. The topological polar surface area (TPSA) is 20.2 Å². The molecule has 4 saturated carbocycles. The van der Waals surface area contributed by atoms with Gasteiger partial charge in [-0.25, -0.2) is 0 Å². The second kappa shape index (κ2) is 3.84. The van der Waals surface area contributed by atoms with Crippen LogP contribution in [0.1, 0.15) is 49.7 Å². The van der Waals surface area contributed by atoms with E-state index in [0.29, 0.717) is 5.41 Å². The summed E-state index contributed by atoms with van der Waals surface area (Å²) < 4.78 is 0. The number of hydrogen-bond donors (Lipinski definition) is 1. The number of rotatable bonds is 2. The van der Waals surface area contributed by atoms with Gasteiger partial charge < -0.3 is 5.11 Å². The van der Waals surface area contributed by atoms with Gasteiger partial charge in [-0.3, -0.25) is 0 Å². The zero-order valence-electron chi connectivity index (χ0n) is 10.9. The molecule has 4 aliphatic carbocycles. The van der Waals surface area contributed by atoms with Crippen molar-refractivity contribution in [2.45, 2.75) is 50.5 Å². The first-order chi connectivity index (χ1) is 8.79. The standard InChI is InChI=1S/C17H22O/c18-11-15-3-1-2-4-16(15)17-8-12-5-13(9-17)7-14(6-12)10-17/h1-4,12-14,18H,5-11H2. The molecule has 5 rings (SSSR count). The van der Waals surface area contributed by atoms with E-state index >= 15 is 0 Å². The third-order valence-electron chi connectivity index (χ3n) is 5.80. The van der Waals surface area contributed by atoms with E-state index in [9.17, 15) is 5.11 Å². The minimum Gasteiger partial charge on any atom is -0.392 e. The molecule has 1 aromatic carbocycles. The largest absolute Gasteiger partial charge is 0.392 e. The molecule has 0 aromatic heterocycles. The molecule has 4 bridgehead atoms. The minimum absolute atomic E-state index is 0.206. The molecule has 4 aliphatic rings. The summed E-state index contributed by atoms with van der Waals surface area (Å²) in [5.74, 6) is 2.92. The minimum atomic E-state index is 0.206. The Balaban J connectivity index is 1.79. The van der Waals surface area contributed by atoms with E-state index in [4.69, 9.17) is 0 Å². The Morgan fingerprint density at radius 1 is 0.944 bits per heavy atom. The number of hydrogen-bond acceptors (Lipinski definition) is 1. The van der Waals surface area contributed by atoms with E-state index in [-0.39, 0.29) is 6.61 Å². The predicted molar refractivity (Wildman–Crippen MR) is 72.2 cm³/mol. The van der Waals surface area contributed by atoms with Gasteiger partial charge in [-0.2, -0.15) is 0 Å². The summed E-state index contributed by atoms with van der Waals surface area (Å²) in [7, 11) is 0. The van der Waals surface area contributed by atoms with Crippen LogP contribution in [-0.4, -0.2) is 5.11 Å². The maximum Gasteiger partial charge on any atom is 0.0684 e. The highest BCUT2D eigenvalue weighted by Crippen LogP contribution is 2.61. The molecule has 0 radical (unpaired) electrons. The van der Waals surface area contributed by atoms with Gasteiger partial charge >= 0.3 is 0 Å². The highest BCUT2D eigenvalue weighted by Gasteiger charge is 2.51. The molecule has 0 amide bonds. The van der Waals surface area contributed by atoms with Crippen molar-refractivity contribution in [3.05, 3.63) is 35.4 Å². The van der Waals surface area contributed by atoms with E-state index in [1.54, 1.807) is 0 Å². The zero-order chi connectivity index (χ0) is 12.2. The molecule has 1 nitrogen and oxygen atoms in total. The third-order valence-corrected chi connectivity index (χ3v) is 5.80. The molecule has 0 heterocycles. The Hall–Kier alpha value is -0.820. The van der Waals surface area contributed by atoms with Crippen molar-refractivity contribution in [3.8, 4) is 0 Å². The first-order valence-corrected chi connectivity index (χ1v) is 7.48. The van der Waals surface area contributed by atoms with Gasteiger partial charge in [-0.15, -0.1) is 0 Å². The number of benzene rings is 1. The molecule has 1 N–H and O–H groups in total. The lowest BCUT2D eigenvalue weighted by Gasteiger charge is -2.57. The fourth-order valence-electron chi connectivity index (χ4n) is 5.62. The van der Waals surface area contributed by atoms with Gasteiger partial charge in [0.1, 0.15) is 0 Å². The molecule has 0 unspecified atom stereocenters. The average molecular weight is 242 g/mol. The second-order valence-corrected chi connectivity index (χ2v) is 7.01. The maximum absolute atomic E-state index is 9.62. The molecular weight excluding hydrogens is 220 g/mol. The monoisotopic (exact) mass is 242 g/mol. The Morgan fingerprint density at radius 3 is 2.06 bits per heavy atom. The van der Waals surface area contributed by atoms with E-state index in [0.717, 1.165) is 17.8 Å². The summed E-state index contributed by atoms with van der Waals surface area (Å²) in [4.78, 5) is 0. The van der Waals surface area contributed by atoms with Gasteiger partial charge in [0.25, 0.3) is 0 Å². The molecule has 0 spiro atoms. The van der Waals surface area contributed by atoms with Crippen molar-refractivity contribution in [1.29, 1.82) is 0 Å². The van der Waals surface area contributed by atoms with Gasteiger partial charge in [-0.1, -0.05) is 24.3 Å². The van der Waals surface area contributed by atoms with Gasteiger partial charge in [-0.05, 0) is 72.8 Å².